The summed E-state index contributed by atoms with van der Waals surface area (Å²) in [6, 6.07) is 0. The summed E-state index contributed by atoms with van der Waals surface area (Å²) < 4.78 is 0. The maximum absolute atomic E-state index is 11.5. The van der Waals surface area contributed by atoms with Crippen LogP contribution in [-0.2, 0) is 11.2 Å². The van der Waals surface area contributed by atoms with Gasteiger partial charge in [-0.05, 0) is 25.3 Å². The van der Waals surface area contributed by atoms with E-state index in [1.807, 2.05) is 20.8 Å². The summed E-state index contributed by atoms with van der Waals surface area (Å²) in [4.78, 5) is 24.0. The number of carbonyl (C=O) groups is 2. The van der Waals surface area contributed by atoms with E-state index in [0.717, 1.165) is 23.3 Å². The molecule has 1 heterocycles. The van der Waals surface area contributed by atoms with Crippen LogP contribution in [0.1, 0.15) is 47.5 Å². The molecule has 0 aliphatic rings. The fourth-order valence-corrected chi connectivity index (χ4v) is 2.94. The number of anilines is 1. The summed E-state index contributed by atoms with van der Waals surface area (Å²) in [7, 11) is 0. The summed E-state index contributed by atoms with van der Waals surface area (Å²) >= 11 is 1.42. The van der Waals surface area contributed by atoms with Gasteiger partial charge >= 0.3 is 0 Å². The molecule has 1 aromatic heterocycles. The molecular formula is C12H18N2O2S. The minimum absolute atomic E-state index is 0.0705. The fourth-order valence-electron chi connectivity index (χ4n) is 1.77. The van der Waals surface area contributed by atoms with E-state index in [0.29, 0.717) is 17.0 Å². The molecule has 0 aliphatic carbocycles. The number of nitrogens with one attached hydrogen (secondary N) is 1. The summed E-state index contributed by atoms with van der Waals surface area (Å²) in [5.41, 5.74) is 6.78. The number of aryl methyl sites for hydroxylation is 1. The van der Waals surface area contributed by atoms with Crippen molar-refractivity contribution in [1.29, 1.82) is 0 Å². The lowest BCUT2D eigenvalue weighted by Gasteiger charge is -2.04. The van der Waals surface area contributed by atoms with Crippen molar-refractivity contribution in [1.82, 2.24) is 0 Å². The fraction of sp³-hybridized carbons (Fsp3) is 0.500. The van der Waals surface area contributed by atoms with E-state index < -0.39 is 5.91 Å². The predicted molar refractivity (Wildman–Crippen MR) is 70.5 cm³/mol. The maximum atomic E-state index is 11.5. The molecule has 17 heavy (non-hydrogen) atoms. The molecule has 0 unspecified atom stereocenters. The van der Waals surface area contributed by atoms with Crippen LogP contribution in [0.3, 0.4) is 0 Å². The topological polar surface area (TPSA) is 72.2 Å². The summed E-state index contributed by atoms with van der Waals surface area (Å²) in [5.74, 6) is -0.545. The Bertz CT molecular complexity index is 438. The molecular weight excluding hydrogens is 236 g/mol. The maximum Gasteiger partial charge on any atom is 0.251 e. The largest absolute Gasteiger partial charge is 0.365 e. The predicted octanol–water partition coefficient (Wildman–Crippen LogP) is 2.46. The Morgan fingerprint density at radius 3 is 2.47 bits per heavy atom. The highest BCUT2D eigenvalue weighted by molar-refractivity contribution is 7.16. The quantitative estimate of drug-likeness (QED) is 0.847. The third-order valence-corrected chi connectivity index (χ3v) is 3.60. The third-order valence-electron chi connectivity index (χ3n) is 2.54. The number of nitrogens with two attached hydrogens (primary N) is 1. The summed E-state index contributed by atoms with van der Waals surface area (Å²) in [6.07, 6.45) is 1.98. The van der Waals surface area contributed by atoms with Crippen LogP contribution in [0.2, 0.25) is 0 Å². The Balaban J connectivity index is 3.07. The number of thiophene rings is 1. The Morgan fingerprint density at radius 1 is 1.35 bits per heavy atom. The molecule has 0 fully saturated rings. The molecule has 0 saturated heterocycles. The van der Waals surface area contributed by atoms with E-state index in [4.69, 9.17) is 5.73 Å². The molecule has 0 atom stereocenters. The third kappa shape index (κ3) is 3.06. The highest BCUT2D eigenvalue weighted by Crippen LogP contribution is 2.33. The highest BCUT2D eigenvalue weighted by Gasteiger charge is 2.19. The van der Waals surface area contributed by atoms with Crippen LogP contribution in [0.15, 0.2) is 0 Å². The summed E-state index contributed by atoms with van der Waals surface area (Å²) in [6.45, 7) is 5.84. The first-order valence-corrected chi connectivity index (χ1v) is 6.54. The molecule has 0 spiro atoms. The first-order chi connectivity index (χ1) is 8.01. The van der Waals surface area contributed by atoms with E-state index >= 15 is 0 Å². The van der Waals surface area contributed by atoms with Crippen molar-refractivity contribution in [3.63, 3.8) is 0 Å². The molecule has 94 valence electrons. The van der Waals surface area contributed by atoms with E-state index in [1.165, 1.54) is 11.3 Å². The van der Waals surface area contributed by atoms with Gasteiger partial charge in [-0.15, -0.1) is 11.3 Å². The van der Waals surface area contributed by atoms with Gasteiger partial charge < -0.3 is 11.1 Å². The first kappa shape index (κ1) is 13.7. The number of rotatable bonds is 5. The van der Waals surface area contributed by atoms with E-state index in [-0.39, 0.29) is 5.91 Å². The van der Waals surface area contributed by atoms with Crippen LogP contribution in [0.5, 0.6) is 0 Å². The zero-order chi connectivity index (χ0) is 13.0. The molecule has 2 amide bonds. The zero-order valence-electron chi connectivity index (χ0n) is 10.4. The van der Waals surface area contributed by atoms with Gasteiger partial charge in [-0.3, -0.25) is 9.59 Å². The van der Waals surface area contributed by atoms with Gasteiger partial charge in [0, 0.05) is 11.3 Å². The van der Waals surface area contributed by atoms with Crippen molar-refractivity contribution in [3.05, 3.63) is 16.0 Å². The monoisotopic (exact) mass is 254 g/mol. The van der Waals surface area contributed by atoms with Crippen LogP contribution in [-0.4, -0.2) is 11.8 Å². The normalized spacial score (nSPS) is 10.3. The van der Waals surface area contributed by atoms with Gasteiger partial charge in [-0.1, -0.05) is 13.8 Å². The zero-order valence-corrected chi connectivity index (χ0v) is 11.2. The van der Waals surface area contributed by atoms with Crippen LogP contribution in [0.4, 0.5) is 5.00 Å². The van der Waals surface area contributed by atoms with Crippen molar-refractivity contribution < 1.29 is 9.59 Å². The van der Waals surface area contributed by atoms with E-state index in [2.05, 4.69) is 5.32 Å². The summed E-state index contributed by atoms with van der Waals surface area (Å²) in [5, 5.41) is 3.36. The van der Waals surface area contributed by atoms with Gasteiger partial charge in [0.05, 0.1) is 5.56 Å². The van der Waals surface area contributed by atoms with Crippen LogP contribution >= 0.6 is 11.3 Å². The van der Waals surface area contributed by atoms with Gasteiger partial charge in [0.2, 0.25) is 5.91 Å². The van der Waals surface area contributed by atoms with Crippen molar-refractivity contribution in [2.45, 2.75) is 40.0 Å². The number of amides is 2. The molecule has 0 saturated carbocycles. The van der Waals surface area contributed by atoms with Crippen LogP contribution in [0.25, 0.3) is 0 Å². The highest BCUT2D eigenvalue weighted by atomic mass is 32.1. The van der Waals surface area contributed by atoms with Gasteiger partial charge in [-0.25, -0.2) is 0 Å². The first-order valence-electron chi connectivity index (χ1n) is 5.73. The number of carbonyl (C=O) groups excluding carboxylic acids is 2. The van der Waals surface area contributed by atoms with Crippen LogP contribution < -0.4 is 11.1 Å². The average Bonchev–Trinajstić information content (AvgIpc) is 2.54. The van der Waals surface area contributed by atoms with Gasteiger partial charge in [0.15, 0.2) is 0 Å². The Morgan fingerprint density at radius 2 is 2.00 bits per heavy atom. The van der Waals surface area contributed by atoms with Gasteiger partial charge in [0.1, 0.15) is 5.00 Å². The van der Waals surface area contributed by atoms with Gasteiger partial charge in [0.25, 0.3) is 5.91 Å². The molecule has 1 aromatic rings. The number of hydrogen-bond donors (Lipinski definition) is 2. The van der Waals surface area contributed by atoms with E-state index in [9.17, 15) is 9.59 Å². The number of primary amides is 1. The molecule has 5 heteroatoms. The molecule has 0 aliphatic heterocycles. The second-order valence-corrected chi connectivity index (χ2v) is 5.08. The van der Waals surface area contributed by atoms with Crippen LogP contribution in [0, 0.1) is 6.92 Å². The van der Waals surface area contributed by atoms with E-state index in [1.54, 1.807) is 0 Å². The lowest BCUT2D eigenvalue weighted by Crippen LogP contribution is -2.17. The second-order valence-electron chi connectivity index (χ2n) is 3.86. The second kappa shape index (κ2) is 5.82. The lowest BCUT2D eigenvalue weighted by molar-refractivity contribution is -0.116. The Kier molecular flexibility index (Phi) is 4.69. The molecule has 0 radical (unpaired) electrons. The average molecular weight is 254 g/mol. The van der Waals surface area contributed by atoms with Gasteiger partial charge in [-0.2, -0.15) is 0 Å². The molecule has 0 bridgehead atoms. The minimum Gasteiger partial charge on any atom is -0.365 e. The number of hydrogen-bond acceptors (Lipinski definition) is 3. The van der Waals surface area contributed by atoms with Crippen molar-refractivity contribution in [3.8, 4) is 0 Å². The van der Waals surface area contributed by atoms with Crippen molar-refractivity contribution in [2.24, 2.45) is 5.73 Å². The molecule has 1 rings (SSSR count). The molecule has 0 aromatic carbocycles. The van der Waals surface area contributed by atoms with Crippen molar-refractivity contribution in [2.75, 3.05) is 5.32 Å². The smallest absolute Gasteiger partial charge is 0.251 e. The standard InChI is InChI=1S/C12H18N2O2S/c1-4-6-9(15)14-12-10(11(13)16)8(5-2)7(3)17-12/h4-6H2,1-3H3,(H2,13,16)(H,14,15). The SMILES string of the molecule is CCCC(=O)Nc1sc(C)c(CC)c1C(N)=O. The molecule has 3 N–H and O–H groups in total. The lowest BCUT2D eigenvalue weighted by atomic mass is 10.1. The minimum atomic E-state index is -0.474. The van der Waals surface area contributed by atoms with Crippen molar-refractivity contribution >= 4 is 28.2 Å². The Labute approximate surface area is 105 Å². The Hall–Kier alpha value is -1.36. The molecule has 4 nitrogen and oxygen atoms in total.